The monoisotopic (exact) mass is 449 g/mol. The van der Waals surface area contributed by atoms with Gasteiger partial charge in [-0.25, -0.2) is 13.1 Å². The number of fused-ring (bicyclic) bond motifs is 1. The van der Waals surface area contributed by atoms with Crippen LogP contribution in [-0.2, 0) is 26.0 Å². The van der Waals surface area contributed by atoms with E-state index in [0.717, 1.165) is 16.8 Å². The SMILES string of the molecule is CC(=O)N1c2ccc(S(=O)(=O)NCCC(=O)Nc3ccc(C)cc3Cl)cc2C[C@H]1C. The van der Waals surface area contributed by atoms with Crippen LogP contribution in [0.5, 0.6) is 0 Å². The molecule has 2 N–H and O–H groups in total. The number of rotatable bonds is 6. The molecule has 0 fully saturated rings. The van der Waals surface area contributed by atoms with Crippen LogP contribution in [0.1, 0.15) is 31.4 Å². The zero-order chi connectivity index (χ0) is 22.1. The maximum Gasteiger partial charge on any atom is 0.240 e. The van der Waals surface area contributed by atoms with E-state index in [4.69, 9.17) is 11.6 Å². The van der Waals surface area contributed by atoms with Gasteiger partial charge < -0.3 is 10.2 Å². The highest BCUT2D eigenvalue weighted by Crippen LogP contribution is 2.33. The Balaban J connectivity index is 1.61. The first-order chi connectivity index (χ1) is 14.1. The molecule has 0 unspecified atom stereocenters. The molecule has 30 heavy (non-hydrogen) atoms. The molecule has 1 atom stereocenters. The van der Waals surface area contributed by atoms with Crippen molar-refractivity contribution < 1.29 is 18.0 Å². The van der Waals surface area contributed by atoms with E-state index in [-0.39, 0.29) is 35.7 Å². The summed E-state index contributed by atoms with van der Waals surface area (Å²) in [6.45, 7) is 5.26. The van der Waals surface area contributed by atoms with Crippen LogP contribution < -0.4 is 14.9 Å². The van der Waals surface area contributed by atoms with Gasteiger partial charge in [-0.15, -0.1) is 0 Å². The Kier molecular flexibility index (Phi) is 6.50. The summed E-state index contributed by atoms with van der Waals surface area (Å²) in [5.74, 6) is -0.419. The zero-order valence-corrected chi connectivity index (χ0v) is 18.6. The van der Waals surface area contributed by atoms with Crippen molar-refractivity contribution in [1.82, 2.24) is 4.72 Å². The van der Waals surface area contributed by atoms with Crippen molar-refractivity contribution in [2.75, 3.05) is 16.8 Å². The molecule has 0 spiro atoms. The minimum Gasteiger partial charge on any atom is -0.325 e. The number of anilines is 2. The third-order valence-electron chi connectivity index (χ3n) is 4.96. The summed E-state index contributed by atoms with van der Waals surface area (Å²) in [7, 11) is -3.78. The molecule has 0 radical (unpaired) electrons. The molecular formula is C21H24ClN3O4S. The molecular weight excluding hydrogens is 426 g/mol. The second kappa shape index (κ2) is 8.75. The minimum absolute atomic E-state index is 0.0132. The molecule has 1 aliphatic heterocycles. The summed E-state index contributed by atoms with van der Waals surface area (Å²) in [5, 5.41) is 3.10. The number of nitrogens with one attached hydrogen (secondary N) is 2. The predicted octanol–water partition coefficient (Wildman–Crippen LogP) is 3.25. The van der Waals surface area contributed by atoms with Gasteiger partial charge in [-0.2, -0.15) is 0 Å². The van der Waals surface area contributed by atoms with Crippen LogP contribution in [0, 0.1) is 6.92 Å². The molecule has 0 saturated heterocycles. The van der Waals surface area contributed by atoms with Crippen LogP contribution in [0.15, 0.2) is 41.3 Å². The Morgan fingerprint density at radius 3 is 2.60 bits per heavy atom. The number of carbonyl (C=O) groups excluding carboxylic acids is 2. The number of nitrogens with zero attached hydrogens (tertiary/aromatic N) is 1. The quantitative estimate of drug-likeness (QED) is 0.707. The van der Waals surface area contributed by atoms with E-state index in [1.807, 2.05) is 19.9 Å². The number of amides is 2. The molecule has 1 aliphatic rings. The van der Waals surface area contributed by atoms with Gasteiger partial charge in [0.1, 0.15) is 0 Å². The van der Waals surface area contributed by atoms with Gasteiger partial charge in [0, 0.05) is 31.6 Å². The Morgan fingerprint density at radius 2 is 1.93 bits per heavy atom. The predicted molar refractivity (Wildman–Crippen MR) is 117 cm³/mol. The van der Waals surface area contributed by atoms with Gasteiger partial charge in [0.25, 0.3) is 0 Å². The van der Waals surface area contributed by atoms with E-state index >= 15 is 0 Å². The Labute approximate surface area is 181 Å². The number of benzene rings is 2. The third kappa shape index (κ3) is 4.83. The van der Waals surface area contributed by atoms with E-state index in [2.05, 4.69) is 10.0 Å². The molecule has 7 nitrogen and oxygen atoms in total. The van der Waals surface area contributed by atoms with Crippen LogP contribution in [0.4, 0.5) is 11.4 Å². The van der Waals surface area contributed by atoms with Crippen molar-refractivity contribution in [1.29, 1.82) is 0 Å². The summed E-state index contributed by atoms with van der Waals surface area (Å²) in [6.07, 6.45) is 0.557. The Bertz CT molecular complexity index is 1100. The van der Waals surface area contributed by atoms with E-state index in [9.17, 15) is 18.0 Å². The minimum atomic E-state index is -3.78. The molecule has 0 aliphatic carbocycles. The lowest BCUT2D eigenvalue weighted by molar-refractivity contribution is -0.117. The normalized spacial score (nSPS) is 15.7. The molecule has 2 aromatic rings. The van der Waals surface area contributed by atoms with Crippen LogP contribution in [0.3, 0.4) is 0 Å². The van der Waals surface area contributed by atoms with Crippen molar-refractivity contribution in [3.05, 3.63) is 52.5 Å². The van der Waals surface area contributed by atoms with Crippen molar-refractivity contribution >= 4 is 44.8 Å². The molecule has 0 bridgehead atoms. The van der Waals surface area contributed by atoms with E-state index in [1.165, 1.54) is 13.0 Å². The maximum atomic E-state index is 12.6. The highest BCUT2D eigenvalue weighted by molar-refractivity contribution is 7.89. The number of carbonyl (C=O) groups is 2. The fourth-order valence-corrected chi connectivity index (χ4v) is 4.94. The average Bonchev–Trinajstić information content (AvgIpc) is 2.99. The van der Waals surface area contributed by atoms with Crippen LogP contribution in [-0.4, -0.2) is 32.8 Å². The van der Waals surface area contributed by atoms with Gasteiger partial charge in [0.15, 0.2) is 0 Å². The maximum absolute atomic E-state index is 12.6. The molecule has 9 heteroatoms. The second-order valence-electron chi connectivity index (χ2n) is 7.41. The van der Waals surface area contributed by atoms with Gasteiger partial charge in [-0.3, -0.25) is 9.59 Å². The summed E-state index contributed by atoms with van der Waals surface area (Å²) in [4.78, 5) is 25.7. The molecule has 2 aromatic carbocycles. The smallest absolute Gasteiger partial charge is 0.240 e. The largest absolute Gasteiger partial charge is 0.325 e. The lowest BCUT2D eigenvalue weighted by atomic mass is 10.1. The highest BCUT2D eigenvalue weighted by atomic mass is 35.5. The van der Waals surface area contributed by atoms with Gasteiger partial charge in [0.05, 0.1) is 15.6 Å². The Hall–Kier alpha value is -2.42. The first kappa shape index (κ1) is 22.3. The fraction of sp³-hybridized carbons (Fsp3) is 0.333. The highest BCUT2D eigenvalue weighted by Gasteiger charge is 2.30. The third-order valence-corrected chi connectivity index (χ3v) is 6.73. The lowest BCUT2D eigenvalue weighted by Crippen LogP contribution is -2.33. The number of aryl methyl sites for hydroxylation is 1. The fourth-order valence-electron chi connectivity index (χ4n) is 3.57. The summed E-state index contributed by atoms with van der Waals surface area (Å²) in [5.41, 5.74) is 3.01. The first-order valence-corrected chi connectivity index (χ1v) is 11.4. The van der Waals surface area contributed by atoms with Gasteiger partial charge in [-0.05, 0) is 61.7 Å². The van der Waals surface area contributed by atoms with E-state index < -0.39 is 10.0 Å². The van der Waals surface area contributed by atoms with Crippen LogP contribution in [0.25, 0.3) is 0 Å². The van der Waals surface area contributed by atoms with Gasteiger partial charge in [0.2, 0.25) is 21.8 Å². The number of hydrogen-bond acceptors (Lipinski definition) is 4. The van der Waals surface area contributed by atoms with Gasteiger partial charge in [-0.1, -0.05) is 17.7 Å². The van der Waals surface area contributed by atoms with Crippen molar-refractivity contribution in [2.45, 2.75) is 44.6 Å². The zero-order valence-electron chi connectivity index (χ0n) is 17.0. The summed E-state index contributed by atoms with van der Waals surface area (Å²) >= 11 is 6.10. The average molecular weight is 450 g/mol. The van der Waals surface area contributed by atoms with E-state index in [0.29, 0.717) is 17.1 Å². The lowest BCUT2D eigenvalue weighted by Gasteiger charge is -2.20. The first-order valence-electron chi connectivity index (χ1n) is 9.57. The van der Waals surface area contributed by atoms with E-state index in [1.54, 1.807) is 29.2 Å². The van der Waals surface area contributed by atoms with Gasteiger partial charge >= 0.3 is 0 Å². The molecule has 0 aromatic heterocycles. The summed E-state index contributed by atoms with van der Waals surface area (Å²) in [6, 6.07) is 9.97. The molecule has 1 heterocycles. The second-order valence-corrected chi connectivity index (χ2v) is 9.59. The topological polar surface area (TPSA) is 95.6 Å². The molecule has 3 rings (SSSR count). The molecule has 0 saturated carbocycles. The van der Waals surface area contributed by atoms with Crippen LogP contribution >= 0.6 is 11.6 Å². The Morgan fingerprint density at radius 1 is 1.20 bits per heavy atom. The standard InChI is InChI=1S/C21H24ClN3O4S/c1-13-4-6-19(18(22)10-13)24-21(27)8-9-23-30(28,29)17-5-7-20-16(12-17)11-14(2)25(20)15(3)26/h4-7,10,12,14,23H,8-9,11H2,1-3H3,(H,24,27)/t14-/m1/s1. The molecule has 2 amide bonds. The number of hydrogen-bond donors (Lipinski definition) is 2. The summed E-state index contributed by atoms with van der Waals surface area (Å²) < 4.78 is 27.7. The molecule has 160 valence electrons. The van der Waals surface area contributed by atoms with Crippen molar-refractivity contribution in [3.8, 4) is 0 Å². The van der Waals surface area contributed by atoms with Crippen molar-refractivity contribution in [2.24, 2.45) is 0 Å². The van der Waals surface area contributed by atoms with Crippen molar-refractivity contribution in [3.63, 3.8) is 0 Å². The number of halogens is 1. The van der Waals surface area contributed by atoms with Crippen LogP contribution in [0.2, 0.25) is 5.02 Å². The number of sulfonamides is 1.